The molecule has 2 aromatic heterocycles. The van der Waals surface area contributed by atoms with Crippen LogP contribution in [0, 0.1) is 17.1 Å². The standard InChI is InChI=1S/C24H21F4N9O2/c1-12(35-18-9-31-10-33-22(38)19(18)24(26,27)28)3-2-4-37-11-34-17-6-14(16(25)5-15(17)23(37)39)21-32-8-13(7-29)20(30)36-21/h5-6,8-9,11-12,35H,2-4,10H2,1H3,(H,33,38)(H2,30,32,36)/t12-/m0/s1. The van der Waals surface area contributed by atoms with Crippen LogP contribution in [0.25, 0.3) is 22.3 Å². The lowest BCUT2D eigenvalue weighted by atomic mass is 10.1. The molecule has 0 saturated carbocycles. The van der Waals surface area contributed by atoms with Gasteiger partial charge in [-0.05, 0) is 31.9 Å². The minimum absolute atomic E-state index is 0.00666. The molecule has 1 aliphatic heterocycles. The van der Waals surface area contributed by atoms with Gasteiger partial charge in [0.25, 0.3) is 11.5 Å². The normalized spacial score (nSPS) is 14.6. The molecule has 202 valence electrons. The van der Waals surface area contributed by atoms with E-state index in [9.17, 15) is 27.2 Å². The van der Waals surface area contributed by atoms with E-state index in [1.165, 1.54) is 23.2 Å². The number of nitrogens with one attached hydrogen (secondary N) is 2. The van der Waals surface area contributed by atoms with Gasteiger partial charge in [0.2, 0.25) is 0 Å². The molecule has 0 radical (unpaired) electrons. The Labute approximate surface area is 218 Å². The van der Waals surface area contributed by atoms with E-state index in [-0.39, 0.29) is 46.9 Å². The lowest BCUT2D eigenvalue weighted by Gasteiger charge is -2.19. The smallest absolute Gasteiger partial charge is 0.382 e. The molecule has 0 spiro atoms. The Morgan fingerprint density at radius 3 is 2.74 bits per heavy atom. The molecule has 3 aromatic rings. The van der Waals surface area contributed by atoms with E-state index < -0.39 is 40.8 Å². The predicted octanol–water partition coefficient (Wildman–Crippen LogP) is 2.18. The van der Waals surface area contributed by atoms with E-state index in [2.05, 4.69) is 30.6 Å². The Hall–Kier alpha value is -4.87. The number of halogens is 4. The first-order valence-electron chi connectivity index (χ1n) is 11.6. The van der Waals surface area contributed by atoms with Crippen molar-refractivity contribution in [3.8, 4) is 17.5 Å². The number of aryl methyl sites for hydroxylation is 1. The second-order valence-electron chi connectivity index (χ2n) is 8.65. The van der Waals surface area contributed by atoms with Crippen molar-refractivity contribution in [3.63, 3.8) is 0 Å². The van der Waals surface area contributed by atoms with Crippen LogP contribution in [0.3, 0.4) is 0 Å². The minimum Gasteiger partial charge on any atom is -0.382 e. The monoisotopic (exact) mass is 543 g/mol. The average molecular weight is 543 g/mol. The van der Waals surface area contributed by atoms with Crippen LogP contribution in [0.4, 0.5) is 23.4 Å². The van der Waals surface area contributed by atoms with Gasteiger partial charge in [-0.15, -0.1) is 0 Å². The maximum atomic E-state index is 14.9. The first-order chi connectivity index (χ1) is 18.5. The number of hydrogen-bond donors (Lipinski definition) is 3. The van der Waals surface area contributed by atoms with Crippen LogP contribution in [0.2, 0.25) is 0 Å². The highest BCUT2D eigenvalue weighted by Gasteiger charge is 2.42. The number of aliphatic imine (C=N–C) groups is 1. The number of amides is 1. The van der Waals surface area contributed by atoms with Gasteiger partial charge in [-0.3, -0.25) is 19.1 Å². The Bertz CT molecular complexity index is 1610. The van der Waals surface area contributed by atoms with Gasteiger partial charge in [-0.2, -0.15) is 18.4 Å². The number of anilines is 1. The van der Waals surface area contributed by atoms with Crippen LogP contribution in [0.15, 0.2) is 45.7 Å². The van der Waals surface area contributed by atoms with E-state index in [0.29, 0.717) is 12.8 Å². The fraction of sp³-hybridized carbons (Fsp3) is 0.292. The Balaban J connectivity index is 1.49. The lowest BCUT2D eigenvalue weighted by molar-refractivity contribution is -0.130. The molecular weight excluding hydrogens is 522 g/mol. The Morgan fingerprint density at radius 2 is 2.05 bits per heavy atom. The average Bonchev–Trinajstić information content (AvgIpc) is 3.06. The number of nitrogen functional groups attached to an aromatic ring is 1. The molecule has 4 rings (SSSR count). The molecule has 0 aliphatic carbocycles. The SMILES string of the molecule is C[C@@H](CCCn1cnc2cc(-c3ncc(C#N)c(N)n3)c(F)cc2c1=O)NC1=C(C(F)(F)F)C(=O)NCN=C1. The van der Waals surface area contributed by atoms with E-state index in [4.69, 9.17) is 11.0 Å². The van der Waals surface area contributed by atoms with Gasteiger partial charge < -0.3 is 16.4 Å². The van der Waals surface area contributed by atoms with Crippen LogP contribution in [-0.2, 0) is 11.3 Å². The summed E-state index contributed by atoms with van der Waals surface area (Å²) in [6.07, 6.45) is -0.765. The lowest BCUT2D eigenvalue weighted by Crippen LogP contribution is -2.36. The highest BCUT2D eigenvalue weighted by atomic mass is 19.4. The van der Waals surface area contributed by atoms with Gasteiger partial charge >= 0.3 is 6.18 Å². The topological polar surface area (TPSA) is 164 Å². The number of carbonyl (C=O) groups is 1. The summed E-state index contributed by atoms with van der Waals surface area (Å²) >= 11 is 0. The van der Waals surface area contributed by atoms with Gasteiger partial charge in [-0.25, -0.2) is 19.3 Å². The van der Waals surface area contributed by atoms with Crippen LogP contribution in [0.1, 0.15) is 25.3 Å². The molecule has 1 aliphatic rings. The Kier molecular flexibility index (Phi) is 7.56. The zero-order valence-electron chi connectivity index (χ0n) is 20.4. The summed E-state index contributed by atoms with van der Waals surface area (Å²) in [4.78, 5) is 40.7. The van der Waals surface area contributed by atoms with Crippen molar-refractivity contribution in [2.24, 2.45) is 4.99 Å². The summed E-state index contributed by atoms with van der Waals surface area (Å²) in [6.45, 7) is 1.52. The zero-order chi connectivity index (χ0) is 28.3. The number of nitrogens with zero attached hydrogens (tertiary/aromatic N) is 6. The van der Waals surface area contributed by atoms with Crippen molar-refractivity contribution in [3.05, 3.63) is 57.7 Å². The van der Waals surface area contributed by atoms with Gasteiger partial charge in [0.05, 0.1) is 34.7 Å². The molecule has 1 amide bonds. The number of fused-ring (bicyclic) bond motifs is 1. The third-order valence-electron chi connectivity index (χ3n) is 5.86. The summed E-state index contributed by atoms with van der Waals surface area (Å²) in [7, 11) is 0. The quantitative estimate of drug-likeness (QED) is 0.382. The van der Waals surface area contributed by atoms with Crippen molar-refractivity contribution >= 4 is 28.8 Å². The number of allylic oxidation sites excluding steroid dienone is 1. The van der Waals surface area contributed by atoms with Gasteiger partial charge in [0.1, 0.15) is 35.5 Å². The third-order valence-corrected chi connectivity index (χ3v) is 5.86. The summed E-state index contributed by atoms with van der Waals surface area (Å²) in [6, 6.07) is 3.63. The second kappa shape index (κ2) is 10.9. The highest BCUT2D eigenvalue weighted by Crippen LogP contribution is 2.28. The van der Waals surface area contributed by atoms with Crippen LogP contribution < -0.4 is 21.9 Å². The van der Waals surface area contributed by atoms with Crippen molar-refractivity contribution in [1.82, 2.24) is 30.2 Å². The predicted molar refractivity (Wildman–Crippen MR) is 133 cm³/mol. The van der Waals surface area contributed by atoms with E-state index in [0.717, 1.165) is 12.3 Å². The van der Waals surface area contributed by atoms with E-state index in [1.807, 2.05) is 6.07 Å². The number of aromatic nitrogens is 4. The number of carbonyl (C=O) groups excluding carboxylic acids is 1. The van der Waals surface area contributed by atoms with Crippen LogP contribution >= 0.6 is 0 Å². The molecule has 39 heavy (non-hydrogen) atoms. The van der Waals surface area contributed by atoms with E-state index >= 15 is 0 Å². The van der Waals surface area contributed by atoms with Crippen molar-refractivity contribution < 1.29 is 22.4 Å². The zero-order valence-corrected chi connectivity index (χ0v) is 20.4. The van der Waals surface area contributed by atoms with Gasteiger partial charge in [0, 0.05) is 18.8 Å². The molecule has 0 unspecified atom stereocenters. The van der Waals surface area contributed by atoms with Crippen LogP contribution in [-0.4, -0.2) is 50.5 Å². The molecule has 0 bridgehead atoms. The molecule has 3 heterocycles. The minimum atomic E-state index is -4.87. The molecule has 15 heteroatoms. The van der Waals surface area contributed by atoms with Gasteiger partial charge in [0.15, 0.2) is 5.82 Å². The molecule has 1 atom stereocenters. The number of rotatable bonds is 7. The van der Waals surface area contributed by atoms with E-state index in [1.54, 1.807) is 6.92 Å². The summed E-state index contributed by atoms with van der Waals surface area (Å²) < 4.78 is 56.4. The number of nitriles is 1. The molecule has 0 fully saturated rings. The number of alkyl halides is 3. The fourth-order valence-electron chi connectivity index (χ4n) is 3.95. The molecular formula is C24H21F4N9O2. The van der Waals surface area contributed by atoms with Crippen molar-refractivity contribution in [2.45, 2.75) is 38.5 Å². The van der Waals surface area contributed by atoms with Gasteiger partial charge in [-0.1, -0.05) is 0 Å². The molecule has 1 aromatic carbocycles. The summed E-state index contributed by atoms with van der Waals surface area (Å²) in [5, 5.41) is 13.7. The second-order valence-corrected chi connectivity index (χ2v) is 8.65. The largest absolute Gasteiger partial charge is 0.423 e. The van der Waals surface area contributed by atoms with Crippen molar-refractivity contribution in [2.75, 3.05) is 12.4 Å². The molecule has 11 nitrogen and oxygen atoms in total. The van der Waals surface area contributed by atoms with Crippen molar-refractivity contribution in [1.29, 1.82) is 5.26 Å². The summed E-state index contributed by atoms with van der Waals surface area (Å²) in [5.74, 6) is -2.25. The third kappa shape index (κ3) is 5.84. The maximum Gasteiger partial charge on any atom is 0.423 e. The number of benzene rings is 1. The molecule has 0 saturated heterocycles. The van der Waals surface area contributed by atoms with Crippen LogP contribution in [0.5, 0.6) is 0 Å². The number of nitrogens with two attached hydrogens (primary N) is 1. The highest BCUT2D eigenvalue weighted by molar-refractivity contribution is 6.01. The summed E-state index contributed by atoms with van der Waals surface area (Å²) in [5.41, 5.74) is 3.55. The fourth-order valence-corrected chi connectivity index (χ4v) is 3.95. The maximum absolute atomic E-state index is 14.9. The molecule has 4 N–H and O–H groups in total. The number of hydrogen-bond acceptors (Lipinski definition) is 9. The first kappa shape index (κ1) is 27.2. The Morgan fingerprint density at radius 1 is 1.28 bits per heavy atom. The first-order valence-corrected chi connectivity index (χ1v) is 11.6.